The number of Topliss-reactive ketones (excluding diaryl/α,β-unsaturated/α-hetero) is 1. The summed E-state index contributed by atoms with van der Waals surface area (Å²) in [5, 5.41) is 0. The molecule has 132 valence electrons. The molecule has 3 unspecified atom stereocenters. The second-order valence-corrected chi connectivity index (χ2v) is 9.04. The molecule has 3 aliphatic rings. The van der Waals surface area contributed by atoms with Gasteiger partial charge in [0.2, 0.25) is 0 Å². The van der Waals surface area contributed by atoms with Crippen LogP contribution in [0, 0.1) is 35.5 Å². The van der Waals surface area contributed by atoms with Gasteiger partial charge in [-0.1, -0.05) is 26.7 Å². The number of carbonyl (C=O) groups excluding carboxylic acids is 1. The van der Waals surface area contributed by atoms with Crippen LogP contribution in [0.15, 0.2) is 0 Å². The van der Waals surface area contributed by atoms with Crippen LogP contribution in [-0.2, 0) is 4.79 Å². The van der Waals surface area contributed by atoms with Crippen LogP contribution in [0.1, 0.15) is 84.5 Å². The average Bonchev–Trinajstić information content (AvgIpc) is 2.57. The maximum Gasteiger partial charge on any atom is 0.139 e. The topological polar surface area (TPSA) is 17.1 Å². The molecule has 0 aliphatic heterocycles. The number of halogens is 1. The van der Waals surface area contributed by atoms with Gasteiger partial charge in [-0.25, -0.2) is 4.39 Å². The third kappa shape index (κ3) is 4.17. The Balaban J connectivity index is 1.46. The van der Waals surface area contributed by atoms with Crippen LogP contribution in [0.5, 0.6) is 0 Å². The fourth-order valence-corrected chi connectivity index (χ4v) is 5.49. The van der Waals surface area contributed by atoms with Gasteiger partial charge in [-0.15, -0.1) is 0 Å². The Kier molecular flexibility index (Phi) is 5.80. The third-order valence-corrected chi connectivity index (χ3v) is 7.40. The summed E-state index contributed by atoms with van der Waals surface area (Å²) in [6.45, 7) is 4.37. The standard InChI is InChI=1S/C21H35FO/c1-14-3-6-16(7-4-14)17-9-11-18(12-10-17)21(23)19-8-5-15(2)20(22)13-19/h14-20H,3-13H2,1-2H3. The fraction of sp³-hybridized carbons (Fsp3) is 0.952. The first-order valence-electron chi connectivity index (χ1n) is 10.2. The van der Waals surface area contributed by atoms with E-state index in [4.69, 9.17) is 0 Å². The maximum atomic E-state index is 13.9. The lowest BCUT2D eigenvalue weighted by atomic mass is 9.67. The van der Waals surface area contributed by atoms with Gasteiger partial charge in [0.25, 0.3) is 0 Å². The van der Waals surface area contributed by atoms with Gasteiger partial charge in [0.05, 0.1) is 0 Å². The monoisotopic (exact) mass is 322 g/mol. The van der Waals surface area contributed by atoms with Crippen LogP contribution in [0.25, 0.3) is 0 Å². The number of hydrogen-bond acceptors (Lipinski definition) is 1. The minimum absolute atomic E-state index is 0.0262. The summed E-state index contributed by atoms with van der Waals surface area (Å²) in [7, 11) is 0. The first-order chi connectivity index (χ1) is 11.0. The molecule has 3 atom stereocenters. The summed E-state index contributed by atoms with van der Waals surface area (Å²) in [5.74, 6) is 3.56. The Bertz CT molecular complexity index is 391. The summed E-state index contributed by atoms with van der Waals surface area (Å²) in [6.07, 6.45) is 11.9. The summed E-state index contributed by atoms with van der Waals surface area (Å²) in [5.41, 5.74) is 0. The molecule has 3 rings (SSSR count). The van der Waals surface area contributed by atoms with E-state index >= 15 is 0 Å². The van der Waals surface area contributed by atoms with E-state index in [-0.39, 0.29) is 17.8 Å². The summed E-state index contributed by atoms with van der Waals surface area (Å²) in [4.78, 5) is 12.8. The normalized spacial score (nSPS) is 45.6. The molecular weight excluding hydrogens is 287 g/mol. The van der Waals surface area contributed by atoms with Crippen molar-refractivity contribution >= 4 is 5.78 Å². The van der Waals surface area contributed by atoms with E-state index in [2.05, 4.69) is 6.92 Å². The van der Waals surface area contributed by atoms with Gasteiger partial charge >= 0.3 is 0 Å². The van der Waals surface area contributed by atoms with Crippen LogP contribution < -0.4 is 0 Å². The van der Waals surface area contributed by atoms with Gasteiger partial charge in [-0.05, 0) is 81.5 Å². The van der Waals surface area contributed by atoms with E-state index in [1.807, 2.05) is 6.92 Å². The second-order valence-electron chi connectivity index (χ2n) is 9.04. The zero-order chi connectivity index (χ0) is 16.4. The molecule has 0 N–H and O–H groups in total. The van der Waals surface area contributed by atoms with Gasteiger partial charge in [-0.3, -0.25) is 4.79 Å². The number of ketones is 1. The van der Waals surface area contributed by atoms with Crippen molar-refractivity contribution in [2.24, 2.45) is 35.5 Å². The van der Waals surface area contributed by atoms with Crippen LogP contribution in [0.4, 0.5) is 4.39 Å². The quantitative estimate of drug-likeness (QED) is 0.626. The van der Waals surface area contributed by atoms with Crippen LogP contribution in [-0.4, -0.2) is 12.0 Å². The largest absolute Gasteiger partial charge is 0.299 e. The molecular formula is C21H35FO. The Morgan fingerprint density at radius 3 is 1.83 bits per heavy atom. The number of hydrogen-bond donors (Lipinski definition) is 0. The molecule has 3 fully saturated rings. The molecule has 0 saturated heterocycles. The highest BCUT2D eigenvalue weighted by atomic mass is 19.1. The summed E-state index contributed by atoms with van der Waals surface area (Å²) in [6, 6.07) is 0. The van der Waals surface area contributed by atoms with E-state index in [0.717, 1.165) is 43.4 Å². The molecule has 0 radical (unpaired) electrons. The Hall–Kier alpha value is -0.400. The van der Waals surface area contributed by atoms with Crippen LogP contribution in [0.2, 0.25) is 0 Å². The van der Waals surface area contributed by atoms with Gasteiger partial charge in [0.15, 0.2) is 0 Å². The van der Waals surface area contributed by atoms with Gasteiger partial charge in [0, 0.05) is 11.8 Å². The number of alkyl halides is 1. The summed E-state index contributed by atoms with van der Waals surface area (Å²) < 4.78 is 13.9. The predicted molar refractivity (Wildman–Crippen MR) is 93.0 cm³/mol. The highest BCUT2D eigenvalue weighted by molar-refractivity contribution is 5.83. The van der Waals surface area contributed by atoms with Gasteiger partial charge < -0.3 is 0 Å². The van der Waals surface area contributed by atoms with E-state index in [1.165, 1.54) is 38.5 Å². The van der Waals surface area contributed by atoms with Crippen molar-refractivity contribution in [1.82, 2.24) is 0 Å². The predicted octanol–water partition coefficient (Wildman–Crippen LogP) is 5.96. The molecule has 0 heterocycles. The van der Waals surface area contributed by atoms with Gasteiger partial charge in [-0.2, -0.15) is 0 Å². The first kappa shape index (κ1) is 17.4. The minimum atomic E-state index is -0.752. The van der Waals surface area contributed by atoms with Crippen molar-refractivity contribution < 1.29 is 9.18 Å². The Morgan fingerprint density at radius 2 is 1.26 bits per heavy atom. The molecule has 0 aromatic rings. The van der Waals surface area contributed by atoms with Crippen molar-refractivity contribution in [2.75, 3.05) is 0 Å². The minimum Gasteiger partial charge on any atom is -0.299 e. The number of rotatable bonds is 3. The van der Waals surface area contributed by atoms with Crippen molar-refractivity contribution in [2.45, 2.75) is 90.6 Å². The molecule has 0 amide bonds. The SMILES string of the molecule is CC1CCC(C2CCC(C(=O)C3CCC(C)C(F)C3)CC2)CC1. The van der Waals surface area contributed by atoms with Gasteiger partial charge in [0.1, 0.15) is 12.0 Å². The highest BCUT2D eigenvalue weighted by Crippen LogP contribution is 2.43. The lowest BCUT2D eigenvalue weighted by Crippen LogP contribution is -2.35. The zero-order valence-corrected chi connectivity index (χ0v) is 15.1. The molecule has 23 heavy (non-hydrogen) atoms. The molecule has 1 nitrogen and oxygen atoms in total. The average molecular weight is 323 g/mol. The Labute approximate surface area is 141 Å². The smallest absolute Gasteiger partial charge is 0.139 e. The second kappa shape index (κ2) is 7.66. The third-order valence-electron chi connectivity index (χ3n) is 7.40. The van der Waals surface area contributed by atoms with Crippen molar-refractivity contribution in [3.05, 3.63) is 0 Å². The molecule has 3 aliphatic carbocycles. The van der Waals surface area contributed by atoms with Crippen LogP contribution in [0.3, 0.4) is 0 Å². The summed E-state index contributed by atoms with van der Waals surface area (Å²) >= 11 is 0. The molecule has 2 heteroatoms. The van der Waals surface area contributed by atoms with Crippen LogP contribution >= 0.6 is 0 Å². The van der Waals surface area contributed by atoms with Crippen molar-refractivity contribution in [3.63, 3.8) is 0 Å². The molecule has 0 bridgehead atoms. The lowest BCUT2D eigenvalue weighted by molar-refractivity contribution is -0.130. The van der Waals surface area contributed by atoms with E-state index < -0.39 is 6.17 Å². The zero-order valence-electron chi connectivity index (χ0n) is 15.1. The molecule has 3 saturated carbocycles. The molecule has 0 spiro atoms. The van der Waals surface area contributed by atoms with E-state index in [0.29, 0.717) is 12.2 Å². The van der Waals surface area contributed by atoms with Crippen molar-refractivity contribution in [3.8, 4) is 0 Å². The number of carbonyl (C=O) groups is 1. The molecule has 0 aromatic heterocycles. The highest BCUT2D eigenvalue weighted by Gasteiger charge is 2.37. The maximum absolute atomic E-state index is 13.9. The lowest BCUT2D eigenvalue weighted by Gasteiger charge is -2.38. The fourth-order valence-electron chi connectivity index (χ4n) is 5.49. The first-order valence-corrected chi connectivity index (χ1v) is 10.2. The van der Waals surface area contributed by atoms with E-state index in [1.54, 1.807) is 0 Å². The molecule has 0 aromatic carbocycles. The van der Waals surface area contributed by atoms with Crippen molar-refractivity contribution in [1.29, 1.82) is 0 Å². The van der Waals surface area contributed by atoms with E-state index in [9.17, 15) is 9.18 Å². The Morgan fingerprint density at radius 1 is 0.739 bits per heavy atom.